The predicted octanol–water partition coefficient (Wildman–Crippen LogP) is 7.76. The minimum absolute atomic E-state index is 0.245. The maximum absolute atomic E-state index is 12.9. The number of nitrogens with zero attached hydrogens (tertiary/aromatic N) is 7. The van der Waals surface area contributed by atoms with Gasteiger partial charge in [-0.2, -0.15) is 10.3 Å². The molecular formula is C33H30F3N7O3S. The van der Waals surface area contributed by atoms with Crippen LogP contribution in [0.2, 0.25) is 0 Å². The number of thioether (sulfide) groups is 1. The number of amidine groups is 1. The van der Waals surface area contributed by atoms with E-state index in [9.17, 15) is 23.2 Å². The Bertz CT molecular complexity index is 1810. The molecule has 47 heavy (non-hydrogen) atoms. The number of aliphatic imine (C=N–C) groups is 2. The monoisotopic (exact) mass is 661 g/mol. The van der Waals surface area contributed by atoms with Crippen molar-refractivity contribution in [1.82, 2.24) is 14.8 Å². The van der Waals surface area contributed by atoms with Crippen LogP contribution >= 0.6 is 11.8 Å². The van der Waals surface area contributed by atoms with Crippen molar-refractivity contribution in [1.29, 1.82) is 5.26 Å². The summed E-state index contributed by atoms with van der Waals surface area (Å²) in [5.74, 6) is 0.990. The smallest absolute Gasteiger partial charge is 0.497 e. The van der Waals surface area contributed by atoms with Crippen molar-refractivity contribution >= 4 is 34.9 Å². The van der Waals surface area contributed by atoms with Gasteiger partial charge in [0, 0.05) is 35.8 Å². The van der Waals surface area contributed by atoms with Crippen LogP contribution < -0.4 is 14.4 Å². The molecule has 0 N–H and O–H groups in total. The number of halogens is 3. The molecule has 0 radical (unpaired) electrons. The number of amides is 2. The Morgan fingerprint density at radius 1 is 1.09 bits per heavy atom. The van der Waals surface area contributed by atoms with E-state index in [0.717, 1.165) is 23.4 Å². The predicted molar refractivity (Wildman–Crippen MR) is 175 cm³/mol. The van der Waals surface area contributed by atoms with E-state index in [-0.39, 0.29) is 11.7 Å². The summed E-state index contributed by atoms with van der Waals surface area (Å²) in [5.41, 5.74) is 3.79. The van der Waals surface area contributed by atoms with Crippen molar-refractivity contribution < 1.29 is 27.4 Å². The van der Waals surface area contributed by atoms with E-state index in [2.05, 4.69) is 44.7 Å². The Morgan fingerprint density at radius 2 is 1.81 bits per heavy atom. The number of benzene rings is 3. The standard InChI is InChI=1S/C33H30F3N7O3S/c1-21(2)28-14-13-27(45-3)17-29(28)42-15-4-16-47-32(42)40-31(44)38-19-24(18-37)22-5-7-23(8-6-22)30-39-20-43(41-30)25-9-11-26(12-10-25)46-33(34,35)36/h5-14,17,19-21,24H,4,15-16H2,1-3H3. The van der Waals surface area contributed by atoms with Gasteiger partial charge < -0.3 is 14.4 Å². The summed E-state index contributed by atoms with van der Waals surface area (Å²) >= 11 is 1.48. The third kappa shape index (κ3) is 8.36. The molecule has 14 heteroatoms. The molecule has 242 valence electrons. The van der Waals surface area contributed by atoms with Crippen LogP contribution in [0.15, 0.2) is 83.0 Å². The van der Waals surface area contributed by atoms with E-state index in [0.29, 0.717) is 40.1 Å². The number of aromatic nitrogens is 3. The molecule has 3 aromatic carbocycles. The third-order valence-corrected chi connectivity index (χ3v) is 8.22. The lowest BCUT2D eigenvalue weighted by atomic mass is 10.00. The second kappa shape index (κ2) is 14.5. The molecule has 0 bridgehead atoms. The van der Waals surface area contributed by atoms with Crippen LogP contribution in [0.25, 0.3) is 17.1 Å². The van der Waals surface area contributed by atoms with Gasteiger partial charge in [0.1, 0.15) is 23.7 Å². The quantitative estimate of drug-likeness (QED) is 0.176. The molecule has 1 aliphatic heterocycles. The first-order valence-corrected chi connectivity index (χ1v) is 15.6. The van der Waals surface area contributed by atoms with Crippen LogP contribution in [0, 0.1) is 11.3 Å². The van der Waals surface area contributed by atoms with Gasteiger partial charge in [-0.05, 0) is 53.8 Å². The highest BCUT2D eigenvalue weighted by atomic mass is 32.2. The number of ether oxygens (including phenoxy) is 2. The molecule has 1 atom stereocenters. The summed E-state index contributed by atoms with van der Waals surface area (Å²) in [6, 6.07) is 19.5. The molecule has 4 aromatic rings. The number of hydrogen-bond donors (Lipinski definition) is 0. The molecule has 0 aliphatic carbocycles. The number of methoxy groups -OCH3 is 1. The van der Waals surface area contributed by atoms with Crippen molar-refractivity contribution in [2.24, 2.45) is 9.98 Å². The van der Waals surface area contributed by atoms with E-state index in [1.165, 1.54) is 53.3 Å². The Morgan fingerprint density at radius 3 is 2.47 bits per heavy atom. The van der Waals surface area contributed by atoms with Gasteiger partial charge in [0.05, 0.1) is 18.9 Å². The average molecular weight is 662 g/mol. The molecule has 0 saturated carbocycles. The van der Waals surface area contributed by atoms with Crippen molar-refractivity contribution in [2.45, 2.75) is 38.5 Å². The zero-order valence-corrected chi connectivity index (χ0v) is 26.5. The topological polar surface area (TPSA) is 118 Å². The molecule has 1 fully saturated rings. The van der Waals surface area contributed by atoms with E-state index in [4.69, 9.17) is 4.74 Å². The normalized spacial score (nSPS) is 15.2. The first-order chi connectivity index (χ1) is 22.5. The number of carbonyl (C=O) groups excluding carboxylic acids is 1. The van der Waals surface area contributed by atoms with E-state index < -0.39 is 18.3 Å². The molecule has 2 heterocycles. The number of hydrogen-bond acceptors (Lipinski definition) is 7. The summed E-state index contributed by atoms with van der Waals surface area (Å²) in [4.78, 5) is 27.5. The van der Waals surface area contributed by atoms with Gasteiger partial charge >= 0.3 is 12.4 Å². The summed E-state index contributed by atoms with van der Waals surface area (Å²) in [6.45, 7) is 4.91. The fraction of sp³-hybridized carbons (Fsp3) is 0.273. The third-order valence-electron chi connectivity index (χ3n) is 7.16. The molecule has 1 aromatic heterocycles. The van der Waals surface area contributed by atoms with Crippen LogP contribution in [-0.2, 0) is 0 Å². The molecule has 10 nitrogen and oxygen atoms in total. The Kier molecular flexibility index (Phi) is 10.3. The average Bonchev–Trinajstić information content (AvgIpc) is 3.55. The second-order valence-corrected chi connectivity index (χ2v) is 11.7. The lowest BCUT2D eigenvalue weighted by Gasteiger charge is -2.32. The van der Waals surface area contributed by atoms with Crippen LogP contribution in [0.5, 0.6) is 11.5 Å². The van der Waals surface area contributed by atoms with Crippen molar-refractivity contribution in [2.75, 3.05) is 24.3 Å². The molecular weight excluding hydrogens is 631 g/mol. The fourth-order valence-electron chi connectivity index (χ4n) is 4.85. The van der Waals surface area contributed by atoms with Crippen molar-refractivity contribution in [3.8, 4) is 34.6 Å². The van der Waals surface area contributed by atoms with Gasteiger partial charge in [0.2, 0.25) is 0 Å². The van der Waals surface area contributed by atoms with Gasteiger partial charge in [-0.1, -0.05) is 55.9 Å². The fourth-order valence-corrected chi connectivity index (χ4v) is 5.80. The van der Waals surface area contributed by atoms with Crippen LogP contribution in [0.1, 0.15) is 43.2 Å². The summed E-state index contributed by atoms with van der Waals surface area (Å²) in [5, 5.41) is 14.8. The van der Waals surface area contributed by atoms with Gasteiger partial charge in [-0.3, -0.25) is 0 Å². The molecule has 1 aliphatic rings. The zero-order chi connectivity index (χ0) is 33.6. The Hall–Kier alpha value is -5.16. The lowest BCUT2D eigenvalue weighted by molar-refractivity contribution is -0.274. The Balaban J connectivity index is 1.28. The summed E-state index contributed by atoms with van der Waals surface area (Å²) in [7, 11) is 1.61. The Labute approximate surface area is 273 Å². The second-order valence-electron chi connectivity index (χ2n) is 10.7. The SMILES string of the molecule is COc1ccc(C(C)C)c(N2CCCSC2=NC(=O)N=CC(C#N)c2ccc(-c3ncn(-c4ccc(OC(F)(F)F)cc4)n3)cc2)c1. The van der Waals surface area contributed by atoms with E-state index in [1.807, 2.05) is 23.1 Å². The highest BCUT2D eigenvalue weighted by Gasteiger charge is 2.31. The van der Waals surface area contributed by atoms with Crippen molar-refractivity contribution in [3.05, 3.63) is 84.2 Å². The summed E-state index contributed by atoms with van der Waals surface area (Å²) in [6.07, 6.45) is -1.14. The first kappa shape index (κ1) is 33.2. The minimum Gasteiger partial charge on any atom is -0.497 e. The van der Waals surface area contributed by atoms with Crippen molar-refractivity contribution in [3.63, 3.8) is 0 Å². The zero-order valence-electron chi connectivity index (χ0n) is 25.7. The molecule has 1 unspecified atom stereocenters. The molecule has 2 amide bonds. The number of nitriles is 1. The number of rotatable bonds is 8. The number of alkyl halides is 3. The van der Waals surface area contributed by atoms with Gasteiger partial charge in [0.25, 0.3) is 0 Å². The van der Waals surface area contributed by atoms with E-state index in [1.54, 1.807) is 31.4 Å². The molecule has 1 saturated heterocycles. The highest BCUT2D eigenvalue weighted by molar-refractivity contribution is 8.14. The maximum Gasteiger partial charge on any atom is 0.573 e. The number of anilines is 1. The molecule has 0 spiro atoms. The van der Waals surface area contributed by atoms with Crippen LogP contribution in [0.4, 0.5) is 23.7 Å². The number of carbonyl (C=O) groups is 1. The van der Waals surface area contributed by atoms with Gasteiger partial charge in [-0.15, -0.1) is 18.3 Å². The lowest BCUT2D eigenvalue weighted by Crippen LogP contribution is -2.35. The van der Waals surface area contributed by atoms with Crippen LogP contribution in [-0.4, -0.2) is 57.9 Å². The van der Waals surface area contributed by atoms with Crippen LogP contribution in [0.3, 0.4) is 0 Å². The summed E-state index contributed by atoms with van der Waals surface area (Å²) < 4.78 is 48.1. The van der Waals surface area contributed by atoms with E-state index >= 15 is 0 Å². The number of urea groups is 1. The largest absolute Gasteiger partial charge is 0.573 e. The minimum atomic E-state index is -4.78. The first-order valence-electron chi connectivity index (χ1n) is 14.6. The van der Waals surface area contributed by atoms with Gasteiger partial charge in [-0.25, -0.2) is 19.5 Å². The van der Waals surface area contributed by atoms with Gasteiger partial charge in [0.15, 0.2) is 11.0 Å². The molecule has 5 rings (SSSR count). The highest BCUT2D eigenvalue weighted by Crippen LogP contribution is 2.35. The maximum atomic E-state index is 12.9.